The lowest BCUT2D eigenvalue weighted by Gasteiger charge is -2.11. The maximum atomic E-state index is 11.7. The molecule has 0 radical (unpaired) electrons. The van der Waals surface area contributed by atoms with E-state index < -0.39 is 12.0 Å². The Morgan fingerprint density at radius 2 is 1.23 bits per heavy atom. The summed E-state index contributed by atoms with van der Waals surface area (Å²) in [4.78, 5) is 11.7. The topological polar surface area (TPSA) is 41.2 Å². The van der Waals surface area contributed by atoms with E-state index in [9.17, 15) is 9.90 Å². The molecule has 0 aliphatic carbocycles. The van der Waals surface area contributed by atoms with Gasteiger partial charge in [0, 0.05) is 25.0 Å². The summed E-state index contributed by atoms with van der Waals surface area (Å²) in [5.74, 6) is -0.713. The Morgan fingerprint density at radius 3 is 1.67 bits per heavy atom. The van der Waals surface area contributed by atoms with Gasteiger partial charge in [-0.25, -0.2) is 4.79 Å². The van der Waals surface area contributed by atoms with Crippen LogP contribution in [0.25, 0.3) is 0 Å². The van der Waals surface area contributed by atoms with Gasteiger partial charge < -0.3 is 5.11 Å². The Hall–Kier alpha value is -1.38. The van der Waals surface area contributed by atoms with E-state index in [0.29, 0.717) is 0 Å². The van der Waals surface area contributed by atoms with Crippen molar-refractivity contribution in [2.75, 3.05) is 0 Å². The molecular weight excluding hydrogens is 370 g/mol. The summed E-state index contributed by atoms with van der Waals surface area (Å²) >= 11 is 0. The van der Waals surface area contributed by atoms with Crippen LogP contribution in [-0.2, 0) is 4.79 Å². The average Bonchev–Trinajstić information content (AvgIpc) is 2.72. The van der Waals surface area contributed by atoms with E-state index in [0.717, 1.165) is 30.5 Å². The lowest BCUT2D eigenvalue weighted by Crippen LogP contribution is -2.46. The molecule has 0 aromatic carbocycles. The van der Waals surface area contributed by atoms with Gasteiger partial charge in [-0.05, 0) is 19.4 Å². The fraction of sp³-hybridized carbons (Fsp3) is 0.778. The van der Waals surface area contributed by atoms with Crippen LogP contribution in [0.4, 0.5) is 0 Å². The number of carbonyl (C=O) groups is 1. The fourth-order valence-corrected chi connectivity index (χ4v) is 4.32. The van der Waals surface area contributed by atoms with E-state index in [1.807, 2.05) is 36.7 Å². The van der Waals surface area contributed by atoms with Crippen molar-refractivity contribution in [3.63, 3.8) is 0 Å². The highest BCUT2D eigenvalue weighted by Crippen LogP contribution is 2.16. The molecule has 0 spiro atoms. The van der Waals surface area contributed by atoms with Crippen molar-refractivity contribution in [3.8, 4) is 0 Å². The summed E-state index contributed by atoms with van der Waals surface area (Å²) in [5, 5.41) is 9.65. The van der Waals surface area contributed by atoms with Gasteiger partial charge in [0.1, 0.15) is 0 Å². The maximum absolute atomic E-state index is 11.7. The molecule has 0 saturated carbocycles. The molecule has 0 aliphatic rings. The van der Waals surface area contributed by atoms with E-state index in [4.69, 9.17) is 0 Å². The first-order valence-electron chi connectivity index (χ1n) is 12.8. The number of pyridine rings is 1. The number of carboxylic acids is 1. The van der Waals surface area contributed by atoms with E-state index in [-0.39, 0.29) is 0 Å². The van der Waals surface area contributed by atoms with Crippen LogP contribution in [0.1, 0.15) is 133 Å². The minimum absolute atomic E-state index is 0.434. The molecule has 1 aromatic rings. The van der Waals surface area contributed by atoms with Gasteiger partial charge in [-0.15, -0.1) is 0 Å². The van der Waals surface area contributed by atoms with Crippen LogP contribution in [0.15, 0.2) is 18.3 Å². The van der Waals surface area contributed by atoms with Gasteiger partial charge in [-0.1, -0.05) is 103 Å². The standard InChI is InChI=1S/C27H47NO2/c1-4-5-6-7-8-9-10-11-12-13-14-15-16-17-18-19-22-26(27(29)30)28-23-20-21-24(2)25(28)3/h20-21,23,26H,4-19,22H2,1-3H3/p+1. The minimum atomic E-state index is -0.713. The third-order valence-electron chi connectivity index (χ3n) is 6.50. The molecule has 0 saturated heterocycles. The zero-order valence-electron chi connectivity index (χ0n) is 20.1. The number of unbranched alkanes of at least 4 members (excludes halogenated alkanes) is 15. The van der Waals surface area contributed by atoms with Crippen LogP contribution in [0.2, 0.25) is 0 Å². The second-order valence-electron chi connectivity index (χ2n) is 9.13. The molecule has 1 atom stereocenters. The number of carboxylic acid groups (broad SMARTS) is 1. The summed E-state index contributed by atoms with van der Waals surface area (Å²) in [6.07, 6.45) is 24.1. The van der Waals surface area contributed by atoms with Crippen molar-refractivity contribution in [2.45, 2.75) is 136 Å². The number of hydrogen-bond donors (Lipinski definition) is 1. The molecular formula is C27H48NO2+. The van der Waals surface area contributed by atoms with Gasteiger partial charge in [0.15, 0.2) is 11.9 Å². The number of aliphatic carboxylic acids is 1. The lowest BCUT2D eigenvalue weighted by molar-refractivity contribution is -0.717. The smallest absolute Gasteiger partial charge is 0.373 e. The Labute approximate surface area is 186 Å². The van der Waals surface area contributed by atoms with Crippen molar-refractivity contribution >= 4 is 5.97 Å². The highest BCUT2D eigenvalue weighted by molar-refractivity contribution is 5.69. The molecule has 3 nitrogen and oxygen atoms in total. The van der Waals surface area contributed by atoms with Crippen molar-refractivity contribution < 1.29 is 14.5 Å². The van der Waals surface area contributed by atoms with Crippen molar-refractivity contribution in [1.82, 2.24) is 0 Å². The molecule has 30 heavy (non-hydrogen) atoms. The molecule has 1 heterocycles. The summed E-state index contributed by atoms with van der Waals surface area (Å²) in [6, 6.07) is 3.56. The Morgan fingerprint density at radius 1 is 0.800 bits per heavy atom. The van der Waals surface area contributed by atoms with Crippen LogP contribution >= 0.6 is 0 Å². The molecule has 0 amide bonds. The van der Waals surface area contributed by atoms with Gasteiger partial charge in [0.05, 0.1) is 0 Å². The molecule has 1 N–H and O–H groups in total. The van der Waals surface area contributed by atoms with Crippen LogP contribution in [0.3, 0.4) is 0 Å². The molecule has 3 heteroatoms. The zero-order valence-corrected chi connectivity index (χ0v) is 20.1. The van der Waals surface area contributed by atoms with E-state index in [1.165, 1.54) is 89.9 Å². The van der Waals surface area contributed by atoms with E-state index >= 15 is 0 Å². The Bertz CT molecular complexity index is 570. The number of rotatable bonds is 19. The summed E-state index contributed by atoms with van der Waals surface area (Å²) in [7, 11) is 0. The Kier molecular flexibility index (Phi) is 15.4. The highest BCUT2D eigenvalue weighted by Gasteiger charge is 2.28. The van der Waals surface area contributed by atoms with Crippen LogP contribution in [-0.4, -0.2) is 11.1 Å². The predicted molar refractivity (Wildman–Crippen MR) is 127 cm³/mol. The number of aromatic nitrogens is 1. The van der Waals surface area contributed by atoms with Crippen molar-refractivity contribution in [3.05, 3.63) is 29.6 Å². The van der Waals surface area contributed by atoms with Gasteiger partial charge in [0.2, 0.25) is 0 Å². The SMILES string of the molecule is CCCCCCCCCCCCCCCCCCC(C(=O)O)[n+]1cccc(C)c1C. The zero-order chi connectivity index (χ0) is 22.0. The van der Waals surface area contributed by atoms with Crippen molar-refractivity contribution in [2.24, 2.45) is 0 Å². The fourth-order valence-electron chi connectivity index (χ4n) is 4.32. The minimum Gasteiger partial charge on any atom is -0.476 e. The summed E-state index contributed by atoms with van der Waals surface area (Å²) in [5.41, 5.74) is 2.21. The Balaban J connectivity index is 2.00. The first-order valence-corrected chi connectivity index (χ1v) is 12.8. The van der Waals surface area contributed by atoms with Gasteiger partial charge in [0.25, 0.3) is 6.04 Å². The number of nitrogens with zero attached hydrogens (tertiary/aromatic N) is 1. The molecule has 0 fully saturated rings. The van der Waals surface area contributed by atoms with E-state index in [2.05, 4.69) is 6.92 Å². The second kappa shape index (κ2) is 17.3. The second-order valence-corrected chi connectivity index (χ2v) is 9.13. The quantitative estimate of drug-likeness (QED) is 0.183. The third-order valence-corrected chi connectivity index (χ3v) is 6.50. The monoisotopic (exact) mass is 418 g/mol. The van der Waals surface area contributed by atoms with Gasteiger partial charge in [-0.3, -0.25) is 0 Å². The van der Waals surface area contributed by atoms with Gasteiger partial charge >= 0.3 is 5.97 Å². The number of hydrogen-bond acceptors (Lipinski definition) is 1. The molecule has 1 unspecified atom stereocenters. The van der Waals surface area contributed by atoms with E-state index in [1.54, 1.807) is 0 Å². The van der Waals surface area contributed by atoms with Crippen LogP contribution in [0.5, 0.6) is 0 Å². The predicted octanol–water partition coefficient (Wildman–Crippen LogP) is 7.87. The lowest BCUT2D eigenvalue weighted by atomic mass is 10.0. The first kappa shape index (κ1) is 26.7. The summed E-state index contributed by atoms with van der Waals surface area (Å²) < 4.78 is 1.93. The largest absolute Gasteiger partial charge is 0.476 e. The average molecular weight is 419 g/mol. The molecule has 0 bridgehead atoms. The molecule has 172 valence electrons. The third kappa shape index (κ3) is 11.7. The normalized spacial score (nSPS) is 12.2. The summed E-state index contributed by atoms with van der Waals surface area (Å²) in [6.45, 7) is 6.33. The molecule has 1 rings (SSSR count). The van der Waals surface area contributed by atoms with Crippen molar-refractivity contribution in [1.29, 1.82) is 0 Å². The van der Waals surface area contributed by atoms with Crippen LogP contribution < -0.4 is 4.57 Å². The molecule has 1 aromatic heterocycles. The van der Waals surface area contributed by atoms with Crippen LogP contribution in [0, 0.1) is 13.8 Å². The molecule has 0 aliphatic heterocycles. The number of aryl methyl sites for hydroxylation is 1. The first-order chi connectivity index (χ1) is 14.6. The highest BCUT2D eigenvalue weighted by atomic mass is 16.4. The maximum Gasteiger partial charge on any atom is 0.373 e. The van der Waals surface area contributed by atoms with Gasteiger partial charge in [-0.2, -0.15) is 4.57 Å².